The van der Waals surface area contributed by atoms with Crippen LogP contribution in [0.4, 0.5) is 92.2 Å². The molecule has 374 valence electrons. The van der Waals surface area contributed by atoms with Gasteiger partial charge in [-0.15, -0.1) is 0 Å². The van der Waals surface area contributed by atoms with E-state index >= 15 is 0 Å². The van der Waals surface area contributed by atoms with Gasteiger partial charge in [-0.3, -0.25) is 0 Å². The number of rotatable bonds is 27. The van der Waals surface area contributed by atoms with Gasteiger partial charge in [0.15, 0.2) is 22.0 Å². The van der Waals surface area contributed by atoms with Crippen molar-refractivity contribution in [2.75, 3.05) is 64.0 Å². The van der Waals surface area contributed by atoms with Crippen molar-refractivity contribution in [1.82, 2.24) is 4.72 Å². The molecule has 0 amide bonds. The number of sulfonamides is 1. The van der Waals surface area contributed by atoms with Gasteiger partial charge >= 0.3 is 54.8 Å². The van der Waals surface area contributed by atoms with Crippen molar-refractivity contribution in [3.63, 3.8) is 0 Å². The minimum Gasteiger partial charge on any atom is -0.379 e. The molecular formula is C27H36F21NO11S2. The van der Waals surface area contributed by atoms with E-state index in [0.29, 0.717) is 0 Å². The molecule has 0 aromatic rings. The third kappa shape index (κ3) is 18.9. The highest BCUT2D eigenvalue weighted by Gasteiger charge is 2.77. The molecule has 0 heterocycles. The highest BCUT2D eigenvalue weighted by atomic mass is 32.2. The SMILES string of the molecule is COC(F)(C(F)(F)F)C(F)(F)OC(CS(=O)(=O)NC(C)COC(C)COCCOCC(C)CS(=O)(=O)CC(OC(F)(F)C(F)(OCC(F)(F)F)C(F)(F)F)C(F)(F)F)C(F)(F)F. The average molecular weight is 1010 g/mol. The van der Waals surface area contributed by atoms with Crippen LogP contribution in [0.1, 0.15) is 20.8 Å². The van der Waals surface area contributed by atoms with Gasteiger partial charge in [-0.05, 0) is 19.8 Å². The van der Waals surface area contributed by atoms with Crippen molar-refractivity contribution in [3.05, 3.63) is 0 Å². The zero-order valence-electron chi connectivity index (χ0n) is 31.5. The Morgan fingerprint density at radius 1 is 0.548 bits per heavy atom. The number of hydrogen-bond acceptors (Lipinski definition) is 11. The van der Waals surface area contributed by atoms with E-state index in [-0.39, 0.29) is 7.11 Å². The molecule has 0 aliphatic carbocycles. The second-order valence-corrected chi connectivity index (χ2v) is 16.9. The zero-order valence-corrected chi connectivity index (χ0v) is 33.1. The topological polar surface area (TPSA) is 145 Å². The van der Waals surface area contributed by atoms with Crippen LogP contribution in [0, 0.1) is 5.92 Å². The Balaban J connectivity index is 5.13. The van der Waals surface area contributed by atoms with Crippen LogP contribution in [0.5, 0.6) is 0 Å². The zero-order chi connectivity index (χ0) is 49.4. The Morgan fingerprint density at radius 3 is 1.37 bits per heavy atom. The van der Waals surface area contributed by atoms with Gasteiger partial charge in [0.05, 0.1) is 56.4 Å². The lowest BCUT2D eigenvalue weighted by atomic mass is 10.2. The number of ether oxygens (including phenoxy) is 7. The van der Waals surface area contributed by atoms with E-state index in [1.807, 2.05) is 0 Å². The predicted molar refractivity (Wildman–Crippen MR) is 162 cm³/mol. The van der Waals surface area contributed by atoms with Gasteiger partial charge < -0.3 is 33.2 Å². The molecule has 0 radical (unpaired) electrons. The van der Waals surface area contributed by atoms with Crippen molar-refractivity contribution >= 4 is 19.9 Å². The van der Waals surface area contributed by atoms with Crippen molar-refractivity contribution in [3.8, 4) is 0 Å². The van der Waals surface area contributed by atoms with Crippen molar-refractivity contribution in [1.29, 1.82) is 0 Å². The Morgan fingerprint density at radius 2 is 0.968 bits per heavy atom. The fourth-order valence-corrected chi connectivity index (χ4v) is 7.44. The average Bonchev–Trinajstić information content (AvgIpc) is 3.03. The number of methoxy groups -OCH3 is 1. The number of nitrogens with one attached hydrogen (secondary N) is 1. The van der Waals surface area contributed by atoms with Crippen molar-refractivity contribution in [2.24, 2.45) is 5.92 Å². The number of hydrogen-bond donors (Lipinski definition) is 1. The summed E-state index contributed by atoms with van der Waals surface area (Å²) in [6.07, 6.45) is -55.1. The largest absolute Gasteiger partial charge is 0.457 e. The number of alkyl halides is 21. The molecule has 0 aromatic carbocycles. The quantitative estimate of drug-likeness (QED) is 0.0708. The molecule has 0 saturated heterocycles. The lowest BCUT2D eigenvalue weighted by Crippen LogP contribution is -2.61. The van der Waals surface area contributed by atoms with Crippen molar-refractivity contribution < 1.29 is 142 Å². The standard InChI is InChI=1S/C27H36F21NO11S2/c1-14(10-61(50,51)11-17(20(31,32)33)59-27(47,48)23(38,25(42,43)44)58-13-19(28,29)30)7-55-5-6-56-9-16(3)57-8-15(2)49-62(52,53)12-18(21(34,35)36)60-26(45,46)22(37,54-4)24(39,40)41/h14-18,49H,5-13H2,1-4H3. The molecule has 1 N–H and O–H groups in total. The van der Waals surface area contributed by atoms with Crippen LogP contribution in [-0.2, 0) is 53.0 Å². The van der Waals surface area contributed by atoms with Crippen LogP contribution in [0.15, 0.2) is 0 Å². The van der Waals surface area contributed by atoms with Gasteiger partial charge in [0.25, 0.3) is 0 Å². The first kappa shape index (κ1) is 60.1. The summed E-state index contributed by atoms with van der Waals surface area (Å²) in [4.78, 5) is 0. The molecular weight excluding hydrogens is 977 g/mol. The van der Waals surface area contributed by atoms with Gasteiger partial charge in [-0.25, -0.2) is 21.6 Å². The highest BCUT2D eigenvalue weighted by molar-refractivity contribution is 7.91. The summed E-state index contributed by atoms with van der Waals surface area (Å²) in [5.74, 6) is -20.8. The molecule has 0 spiro atoms. The molecule has 12 nitrogen and oxygen atoms in total. The Labute approximate surface area is 336 Å². The summed E-state index contributed by atoms with van der Waals surface area (Å²) in [5, 5.41) is 0. The summed E-state index contributed by atoms with van der Waals surface area (Å²) < 4.78 is 355. The fourth-order valence-electron chi connectivity index (χ4n) is 4.19. The first-order chi connectivity index (χ1) is 27.3. The number of halogens is 21. The van der Waals surface area contributed by atoms with Crippen LogP contribution in [0.25, 0.3) is 0 Å². The summed E-state index contributed by atoms with van der Waals surface area (Å²) >= 11 is 0. The fraction of sp³-hybridized carbons (Fsp3) is 1.00. The lowest BCUT2D eigenvalue weighted by molar-refractivity contribution is -0.478. The van der Waals surface area contributed by atoms with E-state index in [9.17, 15) is 109 Å². The van der Waals surface area contributed by atoms with Gasteiger partial charge in [0, 0.05) is 13.2 Å². The number of sulfone groups is 1. The third-order valence-corrected chi connectivity index (χ3v) is 10.3. The molecule has 0 aliphatic rings. The predicted octanol–water partition coefficient (Wildman–Crippen LogP) is 6.55. The van der Waals surface area contributed by atoms with E-state index in [2.05, 4.69) is 18.9 Å². The molecule has 0 bridgehead atoms. The molecule has 7 atom stereocenters. The van der Waals surface area contributed by atoms with Crippen LogP contribution in [0.3, 0.4) is 0 Å². The maximum absolute atomic E-state index is 14.2. The minimum atomic E-state index is -7.16. The maximum Gasteiger partial charge on any atom is 0.457 e. The second-order valence-electron chi connectivity index (χ2n) is 12.9. The summed E-state index contributed by atoms with van der Waals surface area (Å²) in [5.41, 5.74) is 0. The molecule has 0 aliphatic heterocycles. The molecule has 0 aromatic heterocycles. The monoisotopic (exact) mass is 1010 g/mol. The van der Waals surface area contributed by atoms with E-state index in [4.69, 9.17) is 14.2 Å². The normalized spacial score (nSPS) is 19.0. The van der Waals surface area contributed by atoms with Crippen molar-refractivity contribution in [2.45, 2.75) is 99.9 Å². The van der Waals surface area contributed by atoms with E-state index < -0.39 is 162 Å². The van der Waals surface area contributed by atoms with E-state index in [1.165, 1.54) is 11.6 Å². The smallest absolute Gasteiger partial charge is 0.379 e. The third-order valence-electron chi connectivity index (χ3n) is 6.96. The first-order valence-corrected chi connectivity index (χ1v) is 19.7. The van der Waals surface area contributed by atoms with Gasteiger partial charge in [0.1, 0.15) is 6.61 Å². The highest BCUT2D eigenvalue weighted by Crippen LogP contribution is 2.50. The van der Waals surface area contributed by atoms with Crippen LogP contribution in [0.2, 0.25) is 0 Å². The van der Waals surface area contributed by atoms with Crippen LogP contribution in [-0.4, -0.2) is 160 Å². The Bertz CT molecular complexity index is 1590. The molecule has 0 saturated carbocycles. The Kier molecular flexibility index (Phi) is 20.9. The minimum absolute atomic E-state index is 0.283. The molecule has 62 heavy (non-hydrogen) atoms. The van der Waals surface area contributed by atoms with Gasteiger partial charge in [-0.2, -0.15) is 92.2 Å². The molecule has 35 heteroatoms. The second kappa shape index (κ2) is 21.6. The summed E-state index contributed by atoms with van der Waals surface area (Å²) in [7, 11) is -10.9. The Hall–Kier alpha value is -1.89. The lowest BCUT2D eigenvalue weighted by Gasteiger charge is -2.36. The first-order valence-electron chi connectivity index (χ1n) is 16.3. The van der Waals surface area contributed by atoms with E-state index in [0.717, 1.165) is 13.8 Å². The van der Waals surface area contributed by atoms with E-state index in [1.54, 1.807) is 0 Å². The van der Waals surface area contributed by atoms with Gasteiger partial charge in [0.2, 0.25) is 10.0 Å². The molecule has 0 fully saturated rings. The van der Waals surface area contributed by atoms with Crippen LogP contribution < -0.4 is 4.72 Å². The van der Waals surface area contributed by atoms with Crippen LogP contribution >= 0.6 is 0 Å². The summed E-state index contributed by atoms with van der Waals surface area (Å²) in [6.45, 7) is -2.79. The molecule has 0 rings (SSSR count). The summed E-state index contributed by atoms with van der Waals surface area (Å²) in [6, 6.07) is -1.49. The van der Waals surface area contributed by atoms with Gasteiger partial charge in [-0.1, -0.05) is 6.92 Å². The molecule has 7 unspecified atom stereocenters. The maximum atomic E-state index is 14.2.